The molecule has 0 aliphatic heterocycles. The molecule has 3 nitrogen and oxygen atoms in total. The Bertz CT molecular complexity index is 3160. The maximum atomic E-state index is 6.46. The molecule has 1 atom stereocenters. The van der Waals surface area contributed by atoms with E-state index >= 15 is 0 Å². The first-order valence-corrected chi connectivity index (χ1v) is 19.5. The molecule has 0 fully saturated rings. The van der Waals surface area contributed by atoms with Crippen LogP contribution >= 0.6 is 0 Å². The molecule has 0 bridgehead atoms. The van der Waals surface area contributed by atoms with E-state index in [2.05, 4.69) is 190 Å². The third-order valence-corrected chi connectivity index (χ3v) is 12.1. The summed E-state index contributed by atoms with van der Waals surface area (Å²) in [5.41, 5.74) is 15.0. The molecule has 0 saturated heterocycles. The quantitative estimate of drug-likeness (QED) is 0.172. The van der Waals surface area contributed by atoms with Crippen molar-refractivity contribution in [2.45, 2.75) is 31.6 Å². The second-order valence-corrected chi connectivity index (χ2v) is 15.7. The number of hydrogen-bond acceptors (Lipinski definition) is 3. The normalized spacial score (nSPS) is 13.7. The fourth-order valence-electron chi connectivity index (χ4n) is 9.20. The van der Waals surface area contributed by atoms with E-state index in [9.17, 15) is 0 Å². The van der Waals surface area contributed by atoms with E-state index in [1.165, 1.54) is 44.3 Å². The molecule has 1 unspecified atom stereocenters. The zero-order valence-corrected chi connectivity index (χ0v) is 31.3. The SMILES string of the molecule is CC1(C)c2ccccc2-c2ccc(C(Cc3cccc(-c4nc(-c5ccc6oc7c8ccccc8ccc7c6c5)c5ccccc5n4)c3)c3ccccc3)cc21. The Balaban J connectivity index is 0.997. The monoisotopic (exact) mass is 718 g/mol. The molecule has 11 rings (SSSR count). The number of rotatable bonds is 6. The minimum absolute atomic E-state index is 0.0577. The van der Waals surface area contributed by atoms with E-state index < -0.39 is 0 Å². The largest absolute Gasteiger partial charge is 0.455 e. The molecule has 1 aliphatic rings. The van der Waals surface area contributed by atoms with Gasteiger partial charge in [-0.3, -0.25) is 0 Å². The minimum atomic E-state index is -0.0577. The van der Waals surface area contributed by atoms with Crippen molar-refractivity contribution in [3.63, 3.8) is 0 Å². The Morgan fingerprint density at radius 2 is 1.30 bits per heavy atom. The Hall–Kier alpha value is -6.84. The predicted molar refractivity (Wildman–Crippen MR) is 231 cm³/mol. The average Bonchev–Trinajstić information content (AvgIpc) is 3.74. The summed E-state index contributed by atoms with van der Waals surface area (Å²) in [6, 6.07) is 63.3. The topological polar surface area (TPSA) is 38.9 Å². The number of para-hydroxylation sites is 1. The van der Waals surface area contributed by atoms with Crippen molar-refractivity contribution in [3.8, 4) is 33.8 Å². The maximum absolute atomic E-state index is 6.46. The third-order valence-electron chi connectivity index (χ3n) is 12.1. The zero-order valence-electron chi connectivity index (χ0n) is 31.3. The van der Waals surface area contributed by atoms with Crippen LogP contribution in [0.1, 0.15) is 47.6 Å². The van der Waals surface area contributed by atoms with Crippen molar-refractivity contribution in [3.05, 3.63) is 204 Å². The van der Waals surface area contributed by atoms with Gasteiger partial charge < -0.3 is 4.42 Å². The van der Waals surface area contributed by atoms with Gasteiger partial charge in [-0.25, -0.2) is 9.97 Å². The number of benzene rings is 8. The summed E-state index contributed by atoms with van der Waals surface area (Å²) >= 11 is 0. The Labute approximate surface area is 325 Å². The summed E-state index contributed by atoms with van der Waals surface area (Å²) in [6.07, 6.45) is 0.851. The van der Waals surface area contributed by atoms with Gasteiger partial charge in [-0.05, 0) is 87.1 Å². The van der Waals surface area contributed by atoms with Crippen LogP contribution in [0.2, 0.25) is 0 Å². The molecular weight excluding hydrogens is 681 g/mol. The van der Waals surface area contributed by atoms with Crippen LogP contribution in [0.15, 0.2) is 180 Å². The van der Waals surface area contributed by atoms with E-state index in [4.69, 9.17) is 14.4 Å². The molecule has 10 aromatic rings. The molecule has 0 radical (unpaired) electrons. The molecule has 3 heteroatoms. The van der Waals surface area contributed by atoms with Crippen molar-refractivity contribution < 1.29 is 4.42 Å². The van der Waals surface area contributed by atoms with E-state index in [1.54, 1.807) is 0 Å². The van der Waals surface area contributed by atoms with Crippen LogP contribution in [0.25, 0.3) is 77.4 Å². The lowest BCUT2D eigenvalue weighted by Gasteiger charge is -2.24. The van der Waals surface area contributed by atoms with Gasteiger partial charge in [-0.15, -0.1) is 0 Å². The molecule has 0 amide bonds. The molecule has 0 spiro atoms. The highest BCUT2D eigenvalue weighted by Crippen LogP contribution is 2.49. The Kier molecular flexibility index (Phi) is 7.34. The van der Waals surface area contributed by atoms with Gasteiger partial charge in [0.05, 0.1) is 11.2 Å². The van der Waals surface area contributed by atoms with Gasteiger partial charge in [0.2, 0.25) is 0 Å². The molecular formula is C53H38N2O. The first kappa shape index (κ1) is 32.6. The predicted octanol–water partition coefficient (Wildman–Crippen LogP) is 13.7. The van der Waals surface area contributed by atoms with Gasteiger partial charge in [0.15, 0.2) is 5.82 Å². The van der Waals surface area contributed by atoms with Crippen LogP contribution in [0.4, 0.5) is 0 Å². The fourth-order valence-corrected chi connectivity index (χ4v) is 9.20. The number of nitrogens with zero attached hydrogens (tertiary/aromatic N) is 2. The fraction of sp³-hybridized carbons (Fsp3) is 0.0943. The van der Waals surface area contributed by atoms with Crippen LogP contribution in [0.5, 0.6) is 0 Å². The maximum Gasteiger partial charge on any atom is 0.160 e. The van der Waals surface area contributed by atoms with Crippen molar-refractivity contribution in [2.24, 2.45) is 0 Å². The molecule has 266 valence electrons. The number of hydrogen-bond donors (Lipinski definition) is 0. The molecule has 0 saturated carbocycles. The van der Waals surface area contributed by atoms with Crippen molar-refractivity contribution >= 4 is 43.6 Å². The van der Waals surface area contributed by atoms with E-state index in [1.807, 2.05) is 0 Å². The molecule has 1 aliphatic carbocycles. The van der Waals surface area contributed by atoms with Gasteiger partial charge in [0.25, 0.3) is 0 Å². The van der Waals surface area contributed by atoms with Gasteiger partial charge in [-0.1, -0.05) is 153 Å². The Morgan fingerprint density at radius 3 is 2.21 bits per heavy atom. The van der Waals surface area contributed by atoms with Gasteiger partial charge >= 0.3 is 0 Å². The summed E-state index contributed by atoms with van der Waals surface area (Å²) in [5.74, 6) is 0.898. The van der Waals surface area contributed by atoms with Crippen molar-refractivity contribution in [1.82, 2.24) is 9.97 Å². The standard InChI is InChI=1S/C53H38N2O/c1-53(2)46-21-10-8-19-40(46)41-26-24-36(32-47(41)53)44(34-14-4-3-5-15-34)30-33-13-12-17-38(29-33)52-54-48-22-11-9-20-43(48)50(55-52)37-25-28-49-45(31-37)42-27-23-35-16-6-7-18-39(35)51(42)56-49/h3-29,31-32,44H,30H2,1-2H3. The van der Waals surface area contributed by atoms with E-state index in [0.29, 0.717) is 0 Å². The van der Waals surface area contributed by atoms with Crippen molar-refractivity contribution in [1.29, 1.82) is 0 Å². The second-order valence-electron chi connectivity index (χ2n) is 15.7. The summed E-state index contributed by atoms with van der Waals surface area (Å²) in [4.78, 5) is 10.5. The summed E-state index contributed by atoms with van der Waals surface area (Å²) < 4.78 is 6.46. The van der Waals surface area contributed by atoms with Crippen LogP contribution in [-0.4, -0.2) is 9.97 Å². The summed E-state index contributed by atoms with van der Waals surface area (Å²) in [5, 5.41) is 5.51. The summed E-state index contributed by atoms with van der Waals surface area (Å²) in [6.45, 7) is 4.72. The van der Waals surface area contributed by atoms with Crippen LogP contribution in [-0.2, 0) is 11.8 Å². The lowest BCUT2D eigenvalue weighted by molar-refractivity contribution is 0.657. The molecule has 2 heterocycles. The number of furan rings is 1. The highest BCUT2D eigenvalue weighted by molar-refractivity contribution is 6.15. The molecule has 56 heavy (non-hydrogen) atoms. The Morgan fingerprint density at radius 1 is 0.518 bits per heavy atom. The molecule has 8 aromatic carbocycles. The first-order valence-electron chi connectivity index (χ1n) is 19.5. The zero-order chi connectivity index (χ0) is 37.4. The molecule has 2 aromatic heterocycles. The first-order chi connectivity index (χ1) is 27.5. The minimum Gasteiger partial charge on any atom is -0.455 e. The van der Waals surface area contributed by atoms with Gasteiger partial charge in [-0.2, -0.15) is 0 Å². The van der Waals surface area contributed by atoms with Gasteiger partial charge in [0, 0.05) is 44.0 Å². The van der Waals surface area contributed by atoms with E-state index in [0.717, 1.165) is 67.3 Å². The lowest BCUT2D eigenvalue weighted by atomic mass is 9.79. The highest BCUT2D eigenvalue weighted by atomic mass is 16.3. The van der Waals surface area contributed by atoms with Crippen LogP contribution in [0.3, 0.4) is 0 Å². The second kappa shape index (κ2) is 12.6. The number of fused-ring (bicyclic) bond motifs is 9. The molecule has 0 N–H and O–H groups in total. The third kappa shape index (κ3) is 5.19. The van der Waals surface area contributed by atoms with Crippen molar-refractivity contribution in [2.75, 3.05) is 0 Å². The number of aromatic nitrogens is 2. The average molecular weight is 719 g/mol. The highest BCUT2D eigenvalue weighted by Gasteiger charge is 2.35. The van der Waals surface area contributed by atoms with Crippen LogP contribution in [0, 0.1) is 0 Å². The van der Waals surface area contributed by atoms with Crippen LogP contribution < -0.4 is 0 Å². The smallest absolute Gasteiger partial charge is 0.160 e. The summed E-state index contributed by atoms with van der Waals surface area (Å²) in [7, 11) is 0. The van der Waals surface area contributed by atoms with Gasteiger partial charge in [0.1, 0.15) is 11.2 Å². The van der Waals surface area contributed by atoms with E-state index in [-0.39, 0.29) is 11.3 Å². The lowest BCUT2D eigenvalue weighted by Crippen LogP contribution is -2.16.